The SMILES string of the molecule is [N-]=[N+]=NCCCC[C@H](NC(=O)c1ccc(C=O)cc1)C(=O)CC(CC(=O)[C@H](CCCCN=[N+]=[N-])NC(=O)c1ccc(C=O)cc1)(CC(=O)[C@H](CCCCN=[N+]=[N-])NC(=O)c1ccc(C=O)cc1)CC(=O)[C@H](CCCCN=[N+]=[N-])NC(=O)c1ccc(C=O)cc1. The van der Waals surface area contributed by atoms with E-state index in [-0.39, 0.29) is 148 Å². The van der Waals surface area contributed by atoms with Gasteiger partial charge in [0.05, 0.1) is 24.2 Å². The van der Waals surface area contributed by atoms with E-state index in [1.807, 2.05) is 0 Å². The summed E-state index contributed by atoms with van der Waals surface area (Å²) in [4.78, 5) is 176. The molecule has 89 heavy (non-hydrogen) atoms. The molecule has 28 nitrogen and oxygen atoms in total. The number of hydrogen-bond donors (Lipinski definition) is 4. The normalized spacial score (nSPS) is 12.5. The number of hydrogen-bond acceptors (Lipinski definition) is 16. The Labute approximate surface area is 511 Å². The zero-order valence-corrected chi connectivity index (χ0v) is 48.8. The summed E-state index contributed by atoms with van der Waals surface area (Å²) in [5, 5.41) is 25.2. The van der Waals surface area contributed by atoms with Crippen molar-refractivity contribution in [2.75, 3.05) is 26.2 Å². The average Bonchev–Trinajstić information content (AvgIpc) is 1.94. The van der Waals surface area contributed by atoms with Crippen LogP contribution in [0.3, 0.4) is 0 Å². The van der Waals surface area contributed by atoms with Crippen LogP contribution in [-0.4, -0.2) is 122 Å². The molecule has 0 saturated carbocycles. The third kappa shape index (κ3) is 24.7. The first kappa shape index (κ1) is 70.8. The highest BCUT2D eigenvalue weighted by atomic mass is 16.2. The second-order valence-electron chi connectivity index (χ2n) is 20.9. The molecule has 0 saturated heterocycles. The van der Waals surface area contributed by atoms with E-state index in [4.69, 9.17) is 22.1 Å². The molecule has 4 N–H and O–H groups in total. The molecule has 0 aliphatic heterocycles. The Kier molecular flexibility index (Phi) is 31.2. The fraction of sp³-hybridized carbons (Fsp3) is 0.410. The van der Waals surface area contributed by atoms with Gasteiger partial charge in [0, 0.05) is 116 Å². The van der Waals surface area contributed by atoms with Gasteiger partial charge < -0.3 is 21.3 Å². The molecule has 4 aromatic rings. The number of Topliss-reactive ketones (excluding diaryl/α,β-unsaturated/α-hetero) is 4. The van der Waals surface area contributed by atoms with E-state index in [9.17, 15) is 38.4 Å². The van der Waals surface area contributed by atoms with Gasteiger partial charge in [-0.05, 0) is 127 Å². The van der Waals surface area contributed by atoms with Crippen molar-refractivity contribution in [2.45, 2.75) is 127 Å². The number of aldehydes is 4. The van der Waals surface area contributed by atoms with Crippen molar-refractivity contribution >= 4 is 71.9 Å². The molecule has 4 aromatic carbocycles. The largest absolute Gasteiger partial charge is 0.342 e. The van der Waals surface area contributed by atoms with Gasteiger partial charge in [0.15, 0.2) is 23.1 Å². The summed E-state index contributed by atoms with van der Waals surface area (Å²) in [6.07, 6.45) is -0.248. The molecule has 0 aromatic heterocycles. The molecule has 0 radical (unpaired) electrons. The van der Waals surface area contributed by atoms with Crippen LogP contribution in [0.4, 0.5) is 0 Å². The summed E-state index contributed by atoms with van der Waals surface area (Å²) in [5.41, 5.74) is 34.9. The summed E-state index contributed by atoms with van der Waals surface area (Å²) in [6, 6.07) is 15.9. The number of azide groups is 4. The van der Waals surface area contributed by atoms with Crippen molar-refractivity contribution in [3.05, 3.63) is 183 Å². The number of rotatable bonds is 44. The average molecular weight is 1220 g/mol. The first-order valence-electron chi connectivity index (χ1n) is 28.7. The van der Waals surface area contributed by atoms with Crippen LogP contribution in [0.2, 0.25) is 0 Å². The zero-order valence-electron chi connectivity index (χ0n) is 48.8. The van der Waals surface area contributed by atoms with Crippen LogP contribution in [0, 0.1) is 5.41 Å². The molecule has 464 valence electrons. The van der Waals surface area contributed by atoms with Gasteiger partial charge in [0.25, 0.3) is 23.6 Å². The maximum absolute atomic E-state index is 15.6. The number of nitrogens with one attached hydrogen (secondary N) is 4. The Morgan fingerprint density at radius 3 is 0.697 bits per heavy atom. The molecule has 0 fully saturated rings. The lowest BCUT2D eigenvalue weighted by molar-refractivity contribution is -0.133. The lowest BCUT2D eigenvalue weighted by Crippen LogP contribution is -2.50. The van der Waals surface area contributed by atoms with Gasteiger partial charge in [-0.15, -0.1) is 0 Å². The first-order chi connectivity index (χ1) is 43.1. The molecule has 4 rings (SSSR count). The molecule has 28 heteroatoms. The van der Waals surface area contributed by atoms with Crippen LogP contribution in [-0.2, 0) is 19.2 Å². The molecule has 4 amide bonds. The summed E-state index contributed by atoms with van der Waals surface area (Å²) < 4.78 is 0. The van der Waals surface area contributed by atoms with Gasteiger partial charge in [0.2, 0.25) is 0 Å². The molecule has 0 heterocycles. The lowest BCUT2D eigenvalue weighted by atomic mass is 9.67. The zero-order chi connectivity index (χ0) is 64.8. The molecular weight excluding hydrogens is 1150 g/mol. The first-order valence-corrected chi connectivity index (χ1v) is 28.7. The standard InChI is InChI=1S/C61H68N16O12/c62-74-66-29-5-1-9-49(70-57(86)45-21-13-41(37-78)14-22-45)53(82)33-61(34-54(83)50(10-2-6-30-67-75-63)71-58(87)46-23-15-42(38-79)16-24-46,35-55(84)51(11-3-7-31-68-76-64)72-59(88)47-25-17-43(39-80)18-26-47)36-56(85)52(12-4-8-32-69-77-65)73-60(89)48-27-19-44(40-81)20-28-48/h13-28,37-40,49-52H,1-12,29-36H2,(H,70,86)(H,71,87)(H,72,88)(H,73,89)/t49-,50-,51-,52-/m0/s1. The van der Waals surface area contributed by atoms with Crippen LogP contribution in [0.15, 0.2) is 118 Å². The monoisotopic (exact) mass is 1220 g/mol. The molecule has 0 unspecified atom stereocenters. The number of amides is 4. The highest BCUT2D eigenvalue weighted by Gasteiger charge is 2.45. The number of ketones is 4. The lowest BCUT2D eigenvalue weighted by Gasteiger charge is -2.36. The Bertz CT molecular complexity index is 2890. The quantitative estimate of drug-likeness (QED) is 0.0106. The van der Waals surface area contributed by atoms with E-state index in [1.54, 1.807) is 0 Å². The van der Waals surface area contributed by atoms with E-state index >= 15 is 19.2 Å². The van der Waals surface area contributed by atoms with Gasteiger partial charge >= 0.3 is 0 Å². The highest BCUT2D eigenvalue weighted by molar-refractivity contribution is 6.03. The minimum absolute atomic E-state index is 0.00837. The topological polar surface area (TPSA) is 448 Å². The van der Waals surface area contributed by atoms with Crippen LogP contribution >= 0.6 is 0 Å². The highest BCUT2D eigenvalue weighted by Crippen LogP contribution is 2.40. The van der Waals surface area contributed by atoms with Gasteiger partial charge in [-0.1, -0.05) is 94.7 Å². The van der Waals surface area contributed by atoms with Crippen molar-refractivity contribution in [3.8, 4) is 0 Å². The van der Waals surface area contributed by atoms with Crippen molar-refractivity contribution in [2.24, 2.45) is 25.9 Å². The number of carbonyl (C=O) groups excluding carboxylic acids is 12. The van der Waals surface area contributed by atoms with Gasteiger partial charge in [-0.25, -0.2) is 0 Å². The molecular formula is C61H68N16O12. The molecule has 0 bridgehead atoms. The minimum Gasteiger partial charge on any atom is -0.342 e. The Morgan fingerprint density at radius 1 is 0.337 bits per heavy atom. The van der Waals surface area contributed by atoms with Crippen molar-refractivity contribution in [1.29, 1.82) is 0 Å². The van der Waals surface area contributed by atoms with Crippen LogP contribution in [0.5, 0.6) is 0 Å². The summed E-state index contributed by atoms with van der Waals surface area (Å²) in [5.74, 6) is -6.43. The van der Waals surface area contributed by atoms with E-state index in [0.717, 1.165) is 0 Å². The third-order valence-corrected chi connectivity index (χ3v) is 14.5. The summed E-state index contributed by atoms with van der Waals surface area (Å²) in [7, 11) is 0. The van der Waals surface area contributed by atoms with E-state index < -0.39 is 102 Å². The van der Waals surface area contributed by atoms with Crippen molar-refractivity contribution < 1.29 is 57.5 Å². The second kappa shape index (κ2) is 39.1. The maximum Gasteiger partial charge on any atom is 0.251 e. The van der Waals surface area contributed by atoms with E-state index in [0.29, 0.717) is 25.1 Å². The number of nitrogens with zero attached hydrogens (tertiary/aromatic N) is 12. The van der Waals surface area contributed by atoms with Gasteiger partial charge in [-0.3, -0.25) is 57.5 Å². The minimum atomic E-state index is -2.18. The predicted octanol–water partition coefficient (Wildman–Crippen LogP) is 10.2. The number of unbranched alkanes of at least 4 members (excludes halogenated alkanes) is 4. The summed E-state index contributed by atoms with van der Waals surface area (Å²) in [6.45, 7) is -0.0335. The van der Waals surface area contributed by atoms with Crippen LogP contribution in [0.1, 0.15) is 186 Å². The molecule has 0 aliphatic carbocycles. The van der Waals surface area contributed by atoms with E-state index in [1.165, 1.54) is 97.1 Å². The predicted molar refractivity (Wildman–Crippen MR) is 325 cm³/mol. The van der Waals surface area contributed by atoms with E-state index in [2.05, 4.69) is 61.4 Å². The fourth-order valence-electron chi connectivity index (χ4n) is 9.72. The van der Waals surface area contributed by atoms with Crippen molar-refractivity contribution in [1.82, 2.24) is 21.3 Å². The fourth-order valence-corrected chi connectivity index (χ4v) is 9.72. The Morgan fingerprint density at radius 2 is 0.528 bits per heavy atom. The van der Waals surface area contributed by atoms with Gasteiger partial charge in [0.1, 0.15) is 25.1 Å². The Hall–Kier alpha value is -10.6. The molecule has 0 aliphatic rings. The van der Waals surface area contributed by atoms with Crippen LogP contribution < -0.4 is 21.3 Å². The third-order valence-electron chi connectivity index (χ3n) is 14.5. The molecule has 4 atom stereocenters. The van der Waals surface area contributed by atoms with Crippen molar-refractivity contribution in [3.63, 3.8) is 0 Å². The number of benzene rings is 4. The second-order valence-corrected chi connectivity index (χ2v) is 20.9. The smallest absolute Gasteiger partial charge is 0.251 e. The van der Waals surface area contributed by atoms with Gasteiger partial charge in [-0.2, -0.15) is 0 Å². The summed E-state index contributed by atoms with van der Waals surface area (Å²) >= 11 is 0. The Balaban J connectivity index is 2.03. The number of carbonyl (C=O) groups is 12. The van der Waals surface area contributed by atoms with Crippen LogP contribution in [0.25, 0.3) is 41.8 Å². The molecule has 0 spiro atoms. The maximum atomic E-state index is 15.6.